The quantitative estimate of drug-likeness (QED) is 0.225. The van der Waals surface area contributed by atoms with Crippen LogP contribution in [0.25, 0.3) is 0 Å². The van der Waals surface area contributed by atoms with Gasteiger partial charge in [-0.2, -0.15) is 0 Å². The molecule has 43 heavy (non-hydrogen) atoms. The number of amides is 3. The summed E-state index contributed by atoms with van der Waals surface area (Å²) in [5, 5.41) is 6.04. The predicted molar refractivity (Wildman–Crippen MR) is 166 cm³/mol. The molecule has 2 N–H and O–H groups in total. The zero-order valence-corrected chi connectivity index (χ0v) is 25.6. The molecule has 1 aromatic heterocycles. The number of carbonyl (C=O) groups excluding carboxylic acids is 3. The molecule has 0 aliphatic carbocycles. The molecule has 0 radical (unpaired) electrons. The Bertz CT molecular complexity index is 1310. The highest BCUT2D eigenvalue weighted by atomic mass is 16.5. The van der Waals surface area contributed by atoms with E-state index in [9.17, 15) is 14.4 Å². The fraction of sp³-hybridized carbons (Fsp3) is 0.457. The molecule has 0 spiro atoms. The van der Waals surface area contributed by atoms with Crippen LogP contribution in [0.5, 0.6) is 11.5 Å². The normalized spacial score (nSPS) is 16.8. The van der Waals surface area contributed by atoms with E-state index in [2.05, 4.69) is 24.5 Å². The molecule has 1 aliphatic heterocycles. The van der Waals surface area contributed by atoms with Crippen LogP contribution >= 0.6 is 0 Å². The smallest absolute Gasteiger partial charge is 0.245 e. The molecular weight excluding hydrogens is 542 g/mol. The minimum absolute atomic E-state index is 0.0853. The molecule has 1 aliphatic rings. The summed E-state index contributed by atoms with van der Waals surface area (Å²) in [7, 11) is 0. The predicted octanol–water partition coefficient (Wildman–Crippen LogP) is 6.46. The Morgan fingerprint density at radius 2 is 1.77 bits per heavy atom. The van der Waals surface area contributed by atoms with E-state index in [-0.39, 0.29) is 30.2 Å². The van der Waals surface area contributed by atoms with Crippen molar-refractivity contribution >= 4 is 17.7 Å². The van der Waals surface area contributed by atoms with Crippen molar-refractivity contribution in [1.82, 2.24) is 15.5 Å². The van der Waals surface area contributed by atoms with Crippen LogP contribution < -0.4 is 15.4 Å². The van der Waals surface area contributed by atoms with Gasteiger partial charge >= 0.3 is 0 Å². The molecule has 1 fully saturated rings. The second kappa shape index (κ2) is 16.0. The van der Waals surface area contributed by atoms with E-state index < -0.39 is 17.9 Å². The molecule has 3 aromatic rings. The van der Waals surface area contributed by atoms with Gasteiger partial charge in [-0.3, -0.25) is 14.4 Å². The van der Waals surface area contributed by atoms with Crippen molar-refractivity contribution in [3.05, 3.63) is 84.3 Å². The van der Waals surface area contributed by atoms with Gasteiger partial charge in [0.05, 0.1) is 12.8 Å². The summed E-state index contributed by atoms with van der Waals surface area (Å²) in [4.78, 5) is 42.8. The lowest BCUT2D eigenvalue weighted by molar-refractivity contribution is -0.140. The fourth-order valence-electron chi connectivity index (χ4n) is 5.73. The SMILES string of the molecule is CCC[C@H](C(=O)NCc1ccco1)[C@@H](CC(C)C)C(=O)N[C@H]1CCCCN(Cc2cccc(Oc3ccccc3)c2)C1=O. The second-order valence-corrected chi connectivity index (χ2v) is 11.8. The average Bonchev–Trinajstić information content (AvgIpc) is 3.46. The minimum Gasteiger partial charge on any atom is -0.467 e. The van der Waals surface area contributed by atoms with Crippen molar-refractivity contribution in [2.75, 3.05) is 6.54 Å². The summed E-state index contributed by atoms with van der Waals surface area (Å²) in [5.41, 5.74) is 0.961. The highest BCUT2D eigenvalue weighted by molar-refractivity contribution is 5.91. The number of hydrogen-bond acceptors (Lipinski definition) is 5. The minimum atomic E-state index is -0.623. The van der Waals surface area contributed by atoms with E-state index in [1.54, 1.807) is 12.3 Å². The number of hydrogen-bond donors (Lipinski definition) is 2. The van der Waals surface area contributed by atoms with Crippen molar-refractivity contribution in [3.63, 3.8) is 0 Å². The topological polar surface area (TPSA) is 101 Å². The van der Waals surface area contributed by atoms with Crippen LogP contribution in [0.4, 0.5) is 0 Å². The number of carbonyl (C=O) groups is 3. The first-order valence-corrected chi connectivity index (χ1v) is 15.5. The third kappa shape index (κ3) is 9.46. The zero-order chi connectivity index (χ0) is 30.6. The summed E-state index contributed by atoms with van der Waals surface area (Å²) < 4.78 is 11.4. The van der Waals surface area contributed by atoms with E-state index in [0.717, 1.165) is 30.6 Å². The Morgan fingerprint density at radius 3 is 2.49 bits per heavy atom. The molecule has 4 rings (SSSR count). The van der Waals surface area contributed by atoms with Crippen LogP contribution in [0.1, 0.15) is 70.6 Å². The number of benzene rings is 2. The first-order chi connectivity index (χ1) is 20.8. The van der Waals surface area contributed by atoms with Crippen molar-refractivity contribution in [1.29, 1.82) is 0 Å². The van der Waals surface area contributed by atoms with Gasteiger partial charge in [0.1, 0.15) is 23.3 Å². The molecule has 3 atom stereocenters. The van der Waals surface area contributed by atoms with Crippen molar-refractivity contribution in [3.8, 4) is 11.5 Å². The molecule has 0 saturated carbocycles. The summed E-state index contributed by atoms with van der Waals surface area (Å²) in [6.07, 6.45) is 5.76. The summed E-state index contributed by atoms with van der Waals surface area (Å²) in [5.74, 6) is 0.830. The summed E-state index contributed by atoms with van der Waals surface area (Å²) in [6.45, 7) is 7.45. The average molecular weight is 588 g/mol. The number of nitrogens with zero attached hydrogens (tertiary/aromatic N) is 1. The largest absolute Gasteiger partial charge is 0.467 e. The number of likely N-dealkylation sites (tertiary alicyclic amines) is 1. The maximum absolute atomic E-state index is 13.8. The van der Waals surface area contributed by atoms with E-state index in [4.69, 9.17) is 9.15 Å². The molecule has 1 saturated heterocycles. The third-order valence-corrected chi connectivity index (χ3v) is 7.85. The first kappa shape index (κ1) is 31.9. The number of furan rings is 1. The van der Waals surface area contributed by atoms with Gasteiger partial charge in [0.25, 0.3) is 0 Å². The van der Waals surface area contributed by atoms with E-state index in [0.29, 0.717) is 43.9 Å². The Balaban J connectivity index is 1.44. The number of ether oxygens (including phenoxy) is 1. The Hall–Kier alpha value is -4.07. The third-order valence-electron chi connectivity index (χ3n) is 7.85. The van der Waals surface area contributed by atoms with Crippen LogP contribution in [-0.4, -0.2) is 35.2 Å². The van der Waals surface area contributed by atoms with Crippen LogP contribution in [-0.2, 0) is 27.5 Å². The zero-order valence-electron chi connectivity index (χ0n) is 25.6. The molecule has 2 heterocycles. The van der Waals surface area contributed by atoms with Crippen LogP contribution in [0, 0.1) is 17.8 Å². The molecule has 230 valence electrons. The van der Waals surface area contributed by atoms with E-state index in [1.165, 1.54) is 0 Å². The number of nitrogens with one attached hydrogen (secondary N) is 2. The number of rotatable bonds is 14. The van der Waals surface area contributed by atoms with Gasteiger partial charge in [-0.1, -0.05) is 57.5 Å². The lowest BCUT2D eigenvalue weighted by atomic mass is 9.81. The van der Waals surface area contributed by atoms with Crippen LogP contribution in [0.15, 0.2) is 77.4 Å². The van der Waals surface area contributed by atoms with Crippen molar-refractivity contribution < 1.29 is 23.5 Å². The standard InChI is InChI=1S/C35H45N3O5/c1-4-12-30(33(39)36-23-29-17-11-20-42-29)31(21-25(2)3)34(40)37-32-18-8-9-19-38(35(32)41)24-26-13-10-16-28(22-26)43-27-14-6-5-7-15-27/h5-7,10-11,13-17,20,22,25,30-32H,4,8-9,12,18-19,21,23-24H2,1-3H3,(H,36,39)(H,37,40)/t30-,31+,32-/m0/s1. The van der Waals surface area contributed by atoms with Gasteiger partial charge in [0.2, 0.25) is 17.7 Å². The molecule has 0 unspecified atom stereocenters. The number of para-hydroxylation sites is 1. The molecule has 2 aromatic carbocycles. The molecule has 3 amide bonds. The van der Waals surface area contributed by atoms with Gasteiger partial charge in [0.15, 0.2) is 0 Å². The van der Waals surface area contributed by atoms with Crippen molar-refractivity contribution in [2.45, 2.75) is 78.4 Å². The van der Waals surface area contributed by atoms with Gasteiger partial charge < -0.3 is 24.7 Å². The van der Waals surface area contributed by atoms with Crippen LogP contribution in [0.3, 0.4) is 0 Å². The Labute approximate surface area is 255 Å². The summed E-state index contributed by atoms with van der Waals surface area (Å²) >= 11 is 0. The second-order valence-electron chi connectivity index (χ2n) is 11.8. The fourth-order valence-corrected chi connectivity index (χ4v) is 5.73. The maximum atomic E-state index is 13.8. The van der Waals surface area contributed by atoms with Crippen LogP contribution in [0.2, 0.25) is 0 Å². The molecular formula is C35H45N3O5. The lowest BCUT2D eigenvalue weighted by Gasteiger charge is -2.30. The Morgan fingerprint density at radius 1 is 0.977 bits per heavy atom. The Kier molecular flexibility index (Phi) is 11.8. The monoisotopic (exact) mass is 587 g/mol. The van der Waals surface area contributed by atoms with Gasteiger partial charge in [-0.05, 0) is 80.0 Å². The maximum Gasteiger partial charge on any atom is 0.245 e. The van der Waals surface area contributed by atoms with Gasteiger partial charge in [-0.15, -0.1) is 0 Å². The van der Waals surface area contributed by atoms with Gasteiger partial charge in [-0.25, -0.2) is 0 Å². The molecule has 8 heteroatoms. The summed E-state index contributed by atoms with van der Waals surface area (Å²) in [6, 6.07) is 20.3. The molecule has 8 nitrogen and oxygen atoms in total. The highest BCUT2D eigenvalue weighted by Gasteiger charge is 2.36. The molecule has 0 bridgehead atoms. The van der Waals surface area contributed by atoms with E-state index >= 15 is 0 Å². The van der Waals surface area contributed by atoms with Gasteiger partial charge in [0, 0.05) is 24.9 Å². The highest BCUT2D eigenvalue weighted by Crippen LogP contribution is 2.27. The lowest BCUT2D eigenvalue weighted by Crippen LogP contribution is -2.51. The first-order valence-electron chi connectivity index (χ1n) is 15.5. The van der Waals surface area contributed by atoms with Crippen molar-refractivity contribution in [2.24, 2.45) is 17.8 Å². The van der Waals surface area contributed by atoms with E-state index in [1.807, 2.05) is 72.5 Å².